The van der Waals surface area contributed by atoms with Crippen molar-refractivity contribution in [1.29, 1.82) is 0 Å². The molecule has 4 heteroatoms. The molecule has 0 fully saturated rings. The minimum Gasteiger partial charge on any atom is -0.245 e. The van der Waals surface area contributed by atoms with E-state index in [9.17, 15) is 4.39 Å². The van der Waals surface area contributed by atoms with Crippen LogP contribution < -0.4 is 0 Å². The Morgan fingerprint density at radius 3 is 2.70 bits per heavy atom. The molecule has 1 heterocycles. The van der Waals surface area contributed by atoms with E-state index in [0.29, 0.717) is 5.69 Å². The van der Waals surface area contributed by atoms with Crippen LogP contribution in [0.15, 0.2) is 18.6 Å². The van der Waals surface area contributed by atoms with Crippen molar-refractivity contribution < 1.29 is 4.39 Å². The lowest BCUT2D eigenvalue weighted by molar-refractivity contribution is 0.340. The highest BCUT2D eigenvalue weighted by Gasteiger charge is 2.21. The van der Waals surface area contributed by atoms with Gasteiger partial charge in [0.2, 0.25) is 0 Å². The molecule has 0 saturated heterocycles. The third-order valence-electron chi connectivity index (χ3n) is 1.03. The van der Waals surface area contributed by atoms with E-state index in [1.165, 1.54) is 19.4 Å². The van der Waals surface area contributed by atoms with Crippen molar-refractivity contribution >= 4 is 22.6 Å². The van der Waals surface area contributed by atoms with Gasteiger partial charge in [0.25, 0.3) is 0 Å². The molecule has 1 unspecified atom stereocenters. The zero-order valence-corrected chi connectivity index (χ0v) is 7.54. The molecule has 0 aliphatic rings. The molecule has 1 rings (SSSR count). The van der Waals surface area contributed by atoms with Crippen LogP contribution in [-0.4, -0.2) is 9.97 Å². The fourth-order valence-electron chi connectivity index (χ4n) is 0.550. The molecular formula is C6H6FIN2. The first-order valence-corrected chi connectivity index (χ1v) is 3.83. The van der Waals surface area contributed by atoms with Gasteiger partial charge in [-0.25, -0.2) is 14.4 Å². The number of alkyl halides is 2. The first-order valence-electron chi connectivity index (χ1n) is 2.75. The molecule has 0 aliphatic carbocycles. The molecule has 0 N–H and O–H groups in total. The molecule has 0 bridgehead atoms. The minimum atomic E-state index is -1.39. The van der Waals surface area contributed by atoms with Gasteiger partial charge >= 0.3 is 0 Å². The summed E-state index contributed by atoms with van der Waals surface area (Å²) in [5, 5.41) is 0. The van der Waals surface area contributed by atoms with Gasteiger partial charge in [0.15, 0.2) is 3.68 Å². The summed E-state index contributed by atoms with van der Waals surface area (Å²) in [5.74, 6) is 0. The quantitative estimate of drug-likeness (QED) is 0.564. The molecule has 1 atom stereocenters. The SMILES string of the molecule is CC(F)(I)c1ccncn1. The molecule has 1 aromatic rings. The van der Waals surface area contributed by atoms with Gasteiger partial charge in [-0.1, -0.05) is 0 Å². The normalized spacial score (nSPS) is 16.3. The number of nitrogens with zero attached hydrogens (tertiary/aromatic N) is 2. The second kappa shape index (κ2) is 2.77. The van der Waals surface area contributed by atoms with Crippen LogP contribution in [0.2, 0.25) is 0 Å². The maximum Gasteiger partial charge on any atom is 0.200 e. The number of hydrogen-bond acceptors (Lipinski definition) is 2. The summed E-state index contributed by atoms with van der Waals surface area (Å²) < 4.78 is 11.6. The monoisotopic (exact) mass is 252 g/mol. The molecule has 0 radical (unpaired) electrons. The van der Waals surface area contributed by atoms with Crippen molar-refractivity contribution in [2.75, 3.05) is 0 Å². The van der Waals surface area contributed by atoms with E-state index >= 15 is 0 Å². The number of hydrogen-bond donors (Lipinski definition) is 0. The number of aromatic nitrogens is 2. The van der Waals surface area contributed by atoms with Crippen LogP contribution in [0.3, 0.4) is 0 Å². The van der Waals surface area contributed by atoms with Gasteiger partial charge in [-0.15, -0.1) is 0 Å². The summed E-state index contributed by atoms with van der Waals surface area (Å²) >= 11 is 1.69. The molecule has 10 heavy (non-hydrogen) atoms. The van der Waals surface area contributed by atoms with Crippen molar-refractivity contribution in [2.45, 2.75) is 10.6 Å². The van der Waals surface area contributed by atoms with Gasteiger partial charge in [-0.05, 0) is 35.6 Å². The van der Waals surface area contributed by atoms with Gasteiger partial charge in [0.1, 0.15) is 6.33 Å². The molecule has 0 amide bonds. The fraction of sp³-hybridized carbons (Fsp3) is 0.333. The van der Waals surface area contributed by atoms with E-state index in [4.69, 9.17) is 0 Å². The number of rotatable bonds is 1. The Kier molecular flexibility index (Phi) is 2.18. The van der Waals surface area contributed by atoms with Crippen LogP contribution in [0.5, 0.6) is 0 Å². The summed E-state index contributed by atoms with van der Waals surface area (Å²) in [6.45, 7) is 1.45. The molecule has 2 nitrogen and oxygen atoms in total. The largest absolute Gasteiger partial charge is 0.245 e. The van der Waals surface area contributed by atoms with Crippen LogP contribution in [0, 0.1) is 0 Å². The Balaban J connectivity index is 2.97. The Bertz CT molecular complexity index is 207. The van der Waals surface area contributed by atoms with Crippen molar-refractivity contribution in [3.05, 3.63) is 24.3 Å². The molecule has 0 aliphatic heterocycles. The Morgan fingerprint density at radius 1 is 1.70 bits per heavy atom. The van der Waals surface area contributed by atoms with Gasteiger partial charge in [-0.2, -0.15) is 0 Å². The van der Waals surface area contributed by atoms with Gasteiger partial charge < -0.3 is 0 Å². The molecule has 54 valence electrons. The fourth-order valence-corrected chi connectivity index (χ4v) is 0.869. The van der Waals surface area contributed by atoms with Crippen molar-refractivity contribution in [1.82, 2.24) is 9.97 Å². The van der Waals surface area contributed by atoms with E-state index in [-0.39, 0.29) is 0 Å². The molecule has 0 saturated carbocycles. The maximum atomic E-state index is 13.0. The minimum absolute atomic E-state index is 0.406. The summed E-state index contributed by atoms with van der Waals surface area (Å²) in [7, 11) is 0. The Labute approximate surface area is 72.0 Å². The van der Waals surface area contributed by atoms with E-state index in [1.807, 2.05) is 0 Å². The second-order valence-corrected chi connectivity index (χ2v) is 4.01. The lowest BCUT2D eigenvalue weighted by Crippen LogP contribution is -2.06. The predicted octanol–water partition coefficient (Wildman–Crippen LogP) is 2.05. The van der Waals surface area contributed by atoms with Crippen molar-refractivity contribution in [2.24, 2.45) is 0 Å². The van der Waals surface area contributed by atoms with Gasteiger partial charge in [0, 0.05) is 6.20 Å². The highest BCUT2D eigenvalue weighted by atomic mass is 127. The van der Waals surface area contributed by atoms with E-state index in [1.54, 1.807) is 28.7 Å². The third-order valence-corrected chi connectivity index (χ3v) is 1.58. The zero-order valence-electron chi connectivity index (χ0n) is 5.38. The topological polar surface area (TPSA) is 25.8 Å². The molecular weight excluding hydrogens is 246 g/mol. The third kappa shape index (κ3) is 1.86. The second-order valence-electron chi connectivity index (χ2n) is 1.98. The summed E-state index contributed by atoms with van der Waals surface area (Å²) in [5.41, 5.74) is 0.406. The van der Waals surface area contributed by atoms with Gasteiger partial charge in [-0.3, -0.25) is 0 Å². The Morgan fingerprint density at radius 2 is 2.40 bits per heavy atom. The van der Waals surface area contributed by atoms with Crippen molar-refractivity contribution in [3.8, 4) is 0 Å². The van der Waals surface area contributed by atoms with E-state index in [0.717, 1.165) is 0 Å². The van der Waals surface area contributed by atoms with E-state index in [2.05, 4.69) is 9.97 Å². The molecule has 1 aromatic heterocycles. The van der Waals surface area contributed by atoms with Crippen LogP contribution in [-0.2, 0) is 3.68 Å². The first kappa shape index (κ1) is 7.84. The summed E-state index contributed by atoms with van der Waals surface area (Å²) in [6, 6.07) is 1.56. The number of halogens is 2. The molecule has 0 spiro atoms. The van der Waals surface area contributed by atoms with Gasteiger partial charge in [0.05, 0.1) is 5.69 Å². The average molecular weight is 252 g/mol. The summed E-state index contributed by atoms with van der Waals surface area (Å²) in [4.78, 5) is 7.43. The first-order chi connectivity index (χ1) is 4.61. The zero-order chi connectivity index (χ0) is 7.61. The predicted molar refractivity (Wildman–Crippen MR) is 44.5 cm³/mol. The summed E-state index contributed by atoms with van der Waals surface area (Å²) in [6.07, 6.45) is 2.87. The molecule has 0 aromatic carbocycles. The lowest BCUT2D eigenvalue weighted by atomic mass is 10.3. The van der Waals surface area contributed by atoms with Crippen LogP contribution in [0.1, 0.15) is 12.6 Å². The highest BCUT2D eigenvalue weighted by molar-refractivity contribution is 14.1. The Hall–Kier alpha value is -0.260. The maximum absolute atomic E-state index is 13.0. The van der Waals surface area contributed by atoms with Crippen LogP contribution >= 0.6 is 22.6 Å². The average Bonchev–Trinajstić information content (AvgIpc) is 1.88. The van der Waals surface area contributed by atoms with Crippen molar-refractivity contribution in [3.63, 3.8) is 0 Å². The standard InChI is InChI=1S/C6H6FIN2/c1-6(7,8)5-2-3-9-4-10-5/h2-4H,1H3. The van der Waals surface area contributed by atoms with E-state index < -0.39 is 3.68 Å². The smallest absolute Gasteiger partial charge is 0.200 e. The van der Waals surface area contributed by atoms with Crippen LogP contribution in [0.25, 0.3) is 0 Å². The highest BCUT2D eigenvalue weighted by Crippen LogP contribution is 2.30. The lowest BCUT2D eigenvalue weighted by Gasteiger charge is -2.09. The van der Waals surface area contributed by atoms with Crippen LogP contribution in [0.4, 0.5) is 4.39 Å².